The van der Waals surface area contributed by atoms with Crippen LogP contribution in [-0.4, -0.2) is 72.7 Å². The second kappa shape index (κ2) is 7.61. The standard InChI is InChI=1S/C17H31FN8O/c1-9-5-20-7-12(14(9)26-10(2)3-4-22-26)23-17(27)13-15(19)24-25-8-11(18)6-21-16(13)25/h7,9-11,13-16,20-22,24H,3-6,8,19H2,1-2H3,(H,23,27). The van der Waals surface area contributed by atoms with Crippen LogP contribution in [0.1, 0.15) is 20.3 Å². The molecule has 27 heavy (non-hydrogen) atoms. The number of hydrogen-bond acceptors (Lipinski definition) is 8. The second-order valence-corrected chi connectivity index (χ2v) is 8.16. The lowest BCUT2D eigenvalue weighted by Gasteiger charge is -2.40. The van der Waals surface area contributed by atoms with E-state index in [2.05, 4.69) is 45.7 Å². The Bertz CT molecular complexity index is 603. The lowest BCUT2D eigenvalue weighted by Crippen LogP contribution is -2.59. The largest absolute Gasteiger partial charge is 0.389 e. The predicted octanol–water partition coefficient (Wildman–Crippen LogP) is -1.86. The minimum Gasteiger partial charge on any atom is -0.389 e. The average molecular weight is 382 g/mol. The highest BCUT2D eigenvalue weighted by atomic mass is 19.1. The van der Waals surface area contributed by atoms with Crippen LogP contribution in [0.25, 0.3) is 0 Å². The first-order valence-electron chi connectivity index (χ1n) is 9.87. The topological polar surface area (TPSA) is 110 Å². The van der Waals surface area contributed by atoms with Crippen LogP contribution in [0.3, 0.4) is 0 Å². The molecule has 4 aliphatic rings. The first kappa shape index (κ1) is 19.0. The lowest BCUT2D eigenvalue weighted by molar-refractivity contribution is -0.126. The molecule has 4 aliphatic heterocycles. The van der Waals surface area contributed by atoms with Gasteiger partial charge in [-0.3, -0.25) is 15.5 Å². The van der Waals surface area contributed by atoms with Gasteiger partial charge in [-0.2, -0.15) is 0 Å². The number of hydrazine groups is 2. The van der Waals surface area contributed by atoms with Crippen LogP contribution in [0.4, 0.5) is 4.39 Å². The van der Waals surface area contributed by atoms with E-state index in [1.165, 1.54) is 0 Å². The Labute approximate surface area is 159 Å². The zero-order valence-electron chi connectivity index (χ0n) is 15.9. The van der Waals surface area contributed by atoms with Crippen LogP contribution in [0.5, 0.6) is 0 Å². The van der Waals surface area contributed by atoms with E-state index >= 15 is 0 Å². The van der Waals surface area contributed by atoms with Crippen LogP contribution in [-0.2, 0) is 4.79 Å². The number of fused-ring (bicyclic) bond motifs is 1. The molecule has 0 bridgehead atoms. The molecule has 7 N–H and O–H groups in total. The van der Waals surface area contributed by atoms with Crippen molar-refractivity contribution in [3.05, 3.63) is 11.9 Å². The number of carbonyl (C=O) groups is 1. The fourth-order valence-corrected chi connectivity index (χ4v) is 4.67. The number of nitrogens with zero attached hydrogens (tertiary/aromatic N) is 2. The minimum absolute atomic E-state index is 0.0870. The van der Waals surface area contributed by atoms with Gasteiger partial charge in [0.25, 0.3) is 0 Å². The summed E-state index contributed by atoms with van der Waals surface area (Å²) in [6.07, 6.45) is 1.16. The molecule has 1 amide bonds. The van der Waals surface area contributed by atoms with Crippen molar-refractivity contribution in [2.24, 2.45) is 17.6 Å². The molecule has 0 saturated carbocycles. The highest BCUT2D eigenvalue weighted by Gasteiger charge is 2.47. The lowest BCUT2D eigenvalue weighted by atomic mass is 9.93. The van der Waals surface area contributed by atoms with E-state index < -0.39 is 18.3 Å². The molecule has 0 spiro atoms. The van der Waals surface area contributed by atoms with Crippen molar-refractivity contribution in [1.82, 2.24) is 36.8 Å². The summed E-state index contributed by atoms with van der Waals surface area (Å²) in [5.41, 5.74) is 13.5. The normalized spacial score (nSPS) is 43.1. The number of nitrogens with one attached hydrogen (secondary N) is 5. The summed E-state index contributed by atoms with van der Waals surface area (Å²) in [5.74, 6) is -0.308. The second-order valence-electron chi connectivity index (χ2n) is 8.16. The molecule has 7 unspecified atom stereocenters. The molecule has 0 aromatic rings. The Morgan fingerprint density at radius 1 is 1.37 bits per heavy atom. The molecule has 7 atom stereocenters. The zero-order valence-corrected chi connectivity index (χ0v) is 15.9. The Morgan fingerprint density at radius 3 is 2.93 bits per heavy atom. The number of carbonyl (C=O) groups excluding carboxylic acids is 1. The summed E-state index contributed by atoms with van der Waals surface area (Å²) in [4.78, 5) is 13.1. The third-order valence-electron chi connectivity index (χ3n) is 6.08. The molecule has 3 saturated heterocycles. The molecule has 0 aromatic carbocycles. The molecule has 3 fully saturated rings. The number of nitrogens with two attached hydrogens (primary N) is 1. The van der Waals surface area contributed by atoms with Gasteiger partial charge in [0.1, 0.15) is 6.17 Å². The smallest absolute Gasteiger partial charge is 0.233 e. The fourth-order valence-electron chi connectivity index (χ4n) is 4.67. The van der Waals surface area contributed by atoms with Crippen molar-refractivity contribution in [3.8, 4) is 0 Å². The molecule has 0 radical (unpaired) electrons. The predicted molar refractivity (Wildman–Crippen MR) is 99.1 cm³/mol. The molecule has 4 rings (SSSR count). The summed E-state index contributed by atoms with van der Waals surface area (Å²) in [5, 5.41) is 13.4. The summed E-state index contributed by atoms with van der Waals surface area (Å²) in [7, 11) is 0. The summed E-state index contributed by atoms with van der Waals surface area (Å²) in [6.45, 7) is 6.64. The van der Waals surface area contributed by atoms with Gasteiger partial charge in [-0.25, -0.2) is 19.8 Å². The Hall–Kier alpha value is -1.30. The third kappa shape index (κ3) is 3.57. The summed E-state index contributed by atoms with van der Waals surface area (Å²) >= 11 is 0. The first-order chi connectivity index (χ1) is 13.0. The molecule has 152 valence electrons. The van der Waals surface area contributed by atoms with E-state index in [4.69, 9.17) is 5.73 Å². The SMILES string of the molecule is CC1CNC=C(NC(=O)C2C(N)NN3CC(F)CNC23)C1N1NCCC1C. The fraction of sp³-hybridized carbons (Fsp3) is 0.824. The van der Waals surface area contributed by atoms with E-state index in [0.29, 0.717) is 12.0 Å². The van der Waals surface area contributed by atoms with Crippen LogP contribution in [0, 0.1) is 11.8 Å². The quantitative estimate of drug-likeness (QED) is 0.337. The van der Waals surface area contributed by atoms with E-state index in [0.717, 1.165) is 25.2 Å². The van der Waals surface area contributed by atoms with Crippen LogP contribution in [0.2, 0.25) is 0 Å². The first-order valence-corrected chi connectivity index (χ1v) is 9.87. The van der Waals surface area contributed by atoms with Crippen molar-refractivity contribution in [3.63, 3.8) is 0 Å². The van der Waals surface area contributed by atoms with Crippen molar-refractivity contribution in [2.75, 3.05) is 26.2 Å². The molecular weight excluding hydrogens is 351 g/mol. The van der Waals surface area contributed by atoms with Gasteiger partial charge in [0.05, 0.1) is 30.0 Å². The van der Waals surface area contributed by atoms with Gasteiger partial charge < -0.3 is 16.4 Å². The van der Waals surface area contributed by atoms with E-state index in [-0.39, 0.29) is 31.2 Å². The maximum absolute atomic E-state index is 13.6. The molecule has 0 aliphatic carbocycles. The van der Waals surface area contributed by atoms with Crippen LogP contribution < -0.4 is 32.5 Å². The van der Waals surface area contributed by atoms with Crippen LogP contribution in [0.15, 0.2) is 11.9 Å². The van der Waals surface area contributed by atoms with Gasteiger partial charge in [-0.05, 0) is 19.3 Å². The highest BCUT2D eigenvalue weighted by molar-refractivity contribution is 5.82. The zero-order chi connectivity index (χ0) is 19.1. The van der Waals surface area contributed by atoms with Crippen molar-refractivity contribution < 1.29 is 9.18 Å². The Balaban J connectivity index is 1.48. The van der Waals surface area contributed by atoms with Gasteiger partial charge in [0, 0.05) is 38.4 Å². The van der Waals surface area contributed by atoms with Crippen LogP contribution >= 0.6 is 0 Å². The van der Waals surface area contributed by atoms with Gasteiger partial charge in [0.2, 0.25) is 5.91 Å². The summed E-state index contributed by atoms with van der Waals surface area (Å²) in [6, 6.07) is 0.493. The minimum atomic E-state index is -0.971. The van der Waals surface area contributed by atoms with E-state index in [1.54, 1.807) is 5.01 Å². The summed E-state index contributed by atoms with van der Waals surface area (Å²) < 4.78 is 13.6. The van der Waals surface area contributed by atoms with Gasteiger partial charge in [-0.1, -0.05) is 6.92 Å². The van der Waals surface area contributed by atoms with Gasteiger partial charge in [0.15, 0.2) is 0 Å². The van der Waals surface area contributed by atoms with E-state index in [9.17, 15) is 9.18 Å². The molecule has 9 nitrogen and oxygen atoms in total. The average Bonchev–Trinajstić information content (AvgIpc) is 3.17. The Kier molecular flexibility index (Phi) is 5.36. The number of amides is 1. The molecule has 0 aromatic heterocycles. The molecule has 10 heteroatoms. The van der Waals surface area contributed by atoms with Crippen molar-refractivity contribution in [1.29, 1.82) is 0 Å². The maximum Gasteiger partial charge on any atom is 0.233 e. The molecule has 4 heterocycles. The van der Waals surface area contributed by atoms with E-state index in [1.807, 2.05) is 6.20 Å². The number of rotatable bonds is 3. The van der Waals surface area contributed by atoms with Gasteiger partial charge >= 0.3 is 0 Å². The van der Waals surface area contributed by atoms with Crippen molar-refractivity contribution in [2.45, 2.75) is 50.9 Å². The van der Waals surface area contributed by atoms with Gasteiger partial charge in [-0.15, -0.1) is 0 Å². The number of halogens is 1. The molecular formula is C17H31FN8O. The monoisotopic (exact) mass is 382 g/mol. The number of hydrogen-bond donors (Lipinski definition) is 6. The van der Waals surface area contributed by atoms with Crippen molar-refractivity contribution >= 4 is 5.91 Å². The maximum atomic E-state index is 13.6. The Morgan fingerprint density at radius 2 is 2.19 bits per heavy atom. The highest BCUT2D eigenvalue weighted by Crippen LogP contribution is 2.26. The third-order valence-corrected chi connectivity index (χ3v) is 6.08. The number of alkyl halides is 1.